The number of phenolic OH excluding ortho intramolecular Hbond substituents is 1. The number of aromatic hydroxyl groups is 1. The monoisotopic (exact) mass is 442 g/mol. The number of carbonyl (C=O) groups excluding carboxylic acids is 2. The third-order valence-corrected chi connectivity index (χ3v) is 5.97. The Morgan fingerprint density at radius 2 is 1.97 bits per heavy atom. The maximum Gasteiger partial charge on any atom is 0.271 e. The molecule has 1 unspecified atom stereocenters. The molecule has 1 atom stereocenters. The zero-order valence-electron chi connectivity index (χ0n) is 16.6. The van der Waals surface area contributed by atoms with Crippen LogP contribution in [0, 0.1) is 10.1 Å². The van der Waals surface area contributed by atoms with E-state index < -0.39 is 10.8 Å². The van der Waals surface area contributed by atoms with Gasteiger partial charge in [-0.3, -0.25) is 24.6 Å². The van der Waals surface area contributed by atoms with Gasteiger partial charge in [0, 0.05) is 42.2 Å². The minimum absolute atomic E-state index is 0.0197. The van der Waals surface area contributed by atoms with Gasteiger partial charge < -0.3 is 9.84 Å². The molecule has 1 aliphatic carbocycles. The van der Waals surface area contributed by atoms with Crippen molar-refractivity contribution in [2.45, 2.75) is 31.6 Å². The maximum atomic E-state index is 13.2. The largest absolute Gasteiger partial charge is 0.504 e. The number of anilines is 1. The lowest BCUT2D eigenvalue weighted by atomic mass is 9.77. The molecule has 8 nitrogen and oxygen atoms in total. The summed E-state index contributed by atoms with van der Waals surface area (Å²) in [5.41, 5.74) is 1.94. The summed E-state index contributed by atoms with van der Waals surface area (Å²) >= 11 is 6.30. The Hall–Kier alpha value is -3.39. The standard InChI is InChI=1S/C22H19ClN2O6/c1-31-20-9-12(5-8-18(20)26)14-11-21(28)24(17-3-2-4-19(27)22(14)17)16-7-6-13(25(29)30)10-15(16)23/h5-10,14,26H,2-4,11H2,1H3. The van der Waals surface area contributed by atoms with Crippen LogP contribution >= 0.6 is 11.6 Å². The van der Waals surface area contributed by atoms with Gasteiger partial charge in [0.05, 0.1) is 22.7 Å². The lowest BCUT2D eigenvalue weighted by molar-refractivity contribution is -0.384. The first-order chi connectivity index (χ1) is 14.8. The molecule has 0 aromatic heterocycles. The minimum atomic E-state index is -0.559. The predicted octanol–water partition coefficient (Wildman–Crippen LogP) is 4.49. The number of carbonyl (C=O) groups is 2. The molecule has 1 heterocycles. The quantitative estimate of drug-likeness (QED) is 0.551. The molecule has 1 N–H and O–H groups in total. The molecule has 160 valence electrons. The number of hydrogen-bond donors (Lipinski definition) is 1. The fourth-order valence-electron chi connectivity index (χ4n) is 4.26. The Labute approximate surface area is 182 Å². The molecule has 2 aromatic rings. The van der Waals surface area contributed by atoms with E-state index in [4.69, 9.17) is 16.3 Å². The Balaban J connectivity index is 1.85. The highest BCUT2D eigenvalue weighted by molar-refractivity contribution is 6.34. The van der Waals surface area contributed by atoms with Crippen LogP contribution in [0.25, 0.3) is 0 Å². The van der Waals surface area contributed by atoms with Crippen molar-refractivity contribution >= 4 is 34.7 Å². The molecular weight excluding hydrogens is 424 g/mol. The van der Waals surface area contributed by atoms with E-state index in [-0.39, 0.29) is 40.3 Å². The molecule has 0 spiro atoms. The molecule has 0 saturated carbocycles. The van der Waals surface area contributed by atoms with Crippen molar-refractivity contribution in [3.63, 3.8) is 0 Å². The number of benzene rings is 2. The highest BCUT2D eigenvalue weighted by Gasteiger charge is 2.40. The number of Topliss-reactive ketones (excluding diaryl/α,β-unsaturated/α-hetero) is 1. The Bertz CT molecular complexity index is 1140. The zero-order valence-corrected chi connectivity index (χ0v) is 17.4. The first kappa shape index (κ1) is 20.9. The van der Waals surface area contributed by atoms with E-state index in [0.717, 1.165) is 0 Å². The lowest BCUT2D eigenvalue weighted by Gasteiger charge is -2.38. The molecule has 2 aliphatic rings. The molecule has 4 rings (SSSR count). The van der Waals surface area contributed by atoms with Crippen molar-refractivity contribution in [1.29, 1.82) is 0 Å². The highest BCUT2D eigenvalue weighted by Crippen LogP contribution is 2.46. The number of halogens is 1. The number of ketones is 1. The zero-order chi connectivity index (χ0) is 22.3. The Morgan fingerprint density at radius 3 is 2.65 bits per heavy atom. The van der Waals surface area contributed by atoms with Gasteiger partial charge in [0.1, 0.15) is 0 Å². The molecule has 0 fully saturated rings. The first-order valence-corrected chi connectivity index (χ1v) is 10.1. The number of hydrogen-bond acceptors (Lipinski definition) is 6. The molecule has 2 aromatic carbocycles. The summed E-state index contributed by atoms with van der Waals surface area (Å²) in [5.74, 6) is -0.555. The van der Waals surface area contributed by atoms with Crippen LogP contribution in [0.2, 0.25) is 5.02 Å². The van der Waals surface area contributed by atoms with Crippen molar-refractivity contribution < 1.29 is 24.4 Å². The van der Waals surface area contributed by atoms with Crippen LogP contribution in [0.4, 0.5) is 11.4 Å². The Kier molecular flexibility index (Phi) is 5.41. The van der Waals surface area contributed by atoms with Gasteiger partial charge in [-0.2, -0.15) is 0 Å². The van der Waals surface area contributed by atoms with E-state index in [0.29, 0.717) is 41.8 Å². The molecule has 31 heavy (non-hydrogen) atoms. The summed E-state index contributed by atoms with van der Waals surface area (Å²) in [6.45, 7) is 0. The molecule has 1 amide bonds. The van der Waals surface area contributed by atoms with Crippen LogP contribution in [-0.4, -0.2) is 28.8 Å². The van der Waals surface area contributed by atoms with Crippen LogP contribution < -0.4 is 9.64 Å². The van der Waals surface area contributed by atoms with Gasteiger partial charge in [0.15, 0.2) is 17.3 Å². The van der Waals surface area contributed by atoms with Crippen molar-refractivity contribution in [2.75, 3.05) is 12.0 Å². The van der Waals surface area contributed by atoms with Crippen LogP contribution in [0.5, 0.6) is 11.5 Å². The molecule has 9 heteroatoms. The third-order valence-electron chi connectivity index (χ3n) is 5.66. The lowest BCUT2D eigenvalue weighted by Crippen LogP contribution is -2.40. The average Bonchev–Trinajstić information content (AvgIpc) is 2.74. The summed E-state index contributed by atoms with van der Waals surface area (Å²) in [5, 5.41) is 21.0. The summed E-state index contributed by atoms with van der Waals surface area (Å²) < 4.78 is 5.18. The second-order valence-electron chi connectivity index (χ2n) is 7.45. The Morgan fingerprint density at radius 1 is 1.19 bits per heavy atom. The molecule has 0 radical (unpaired) electrons. The third kappa shape index (κ3) is 3.63. The van der Waals surface area contributed by atoms with E-state index in [1.807, 2.05) is 0 Å². The fourth-order valence-corrected chi connectivity index (χ4v) is 4.52. The molecule has 1 aliphatic heterocycles. The summed E-state index contributed by atoms with van der Waals surface area (Å²) in [6, 6.07) is 8.71. The van der Waals surface area contributed by atoms with Crippen LogP contribution in [0.15, 0.2) is 47.7 Å². The predicted molar refractivity (Wildman–Crippen MR) is 113 cm³/mol. The van der Waals surface area contributed by atoms with Crippen molar-refractivity contribution in [2.24, 2.45) is 0 Å². The normalized spacial score (nSPS) is 18.8. The van der Waals surface area contributed by atoms with E-state index in [2.05, 4.69) is 0 Å². The molecule has 0 bridgehead atoms. The van der Waals surface area contributed by atoms with Gasteiger partial charge in [0.2, 0.25) is 5.91 Å². The number of nitro groups is 1. The number of allylic oxidation sites excluding steroid dienone is 2. The van der Waals surface area contributed by atoms with Crippen molar-refractivity contribution in [1.82, 2.24) is 0 Å². The van der Waals surface area contributed by atoms with E-state index in [1.54, 1.807) is 12.1 Å². The van der Waals surface area contributed by atoms with Crippen LogP contribution in [-0.2, 0) is 9.59 Å². The molecule has 0 saturated heterocycles. The van der Waals surface area contributed by atoms with Crippen LogP contribution in [0.1, 0.15) is 37.2 Å². The van der Waals surface area contributed by atoms with E-state index in [9.17, 15) is 24.8 Å². The number of rotatable bonds is 4. The van der Waals surface area contributed by atoms with Crippen molar-refractivity contribution in [3.05, 3.63) is 68.4 Å². The second-order valence-corrected chi connectivity index (χ2v) is 7.85. The first-order valence-electron chi connectivity index (χ1n) is 9.72. The summed E-state index contributed by atoms with van der Waals surface area (Å²) in [6.07, 6.45) is 1.50. The number of phenols is 1. The summed E-state index contributed by atoms with van der Waals surface area (Å²) in [7, 11) is 1.43. The van der Waals surface area contributed by atoms with E-state index in [1.165, 1.54) is 36.3 Å². The summed E-state index contributed by atoms with van der Waals surface area (Å²) in [4.78, 5) is 38.1. The van der Waals surface area contributed by atoms with Crippen LogP contribution in [0.3, 0.4) is 0 Å². The van der Waals surface area contributed by atoms with Gasteiger partial charge in [-0.1, -0.05) is 17.7 Å². The van der Waals surface area contributed by atoms with Gasteiger partial charge in [-0.15, -0.1) is 0 Å². The van der Waals surface area contributed by atoms with E-state index >= 15 is 0 Å². The highest BCUT2D eigenvalue weighted by atomic mass is 35.5. The number of ether oxygens (including phenoxy) is 1. The fraction of sp³-hybridized carbons (Fsp3) is 0.273. The maximum absolute atomic E-state index is 13.2. The minimum Gasteiger partial charge on any atom is -0.504 e. The number of nitro benzene ring substituents is 1. The molecular formula is C22H19ClN2O6. The van der Waals surface area contributed by atoms with Gasteiger partial charge in [0.25, 0.3) is 5.69 Å². The smallest absolute Gasteiger partial charge is 0.271 e. The topological polar surface area (TPSA) is 110 Å². The number of methoxy groups -OCH3 is 1. The van der Waals surface area contributed by atoms with Crippen molar-refractivity contribution in [3.8, 4) is 11.5 Å². The SMILES string of the molecule is COc1cc(C2CC(=O)N(c3ccc([N+](=O)[O-])cc3Cl)C3=C2C(=O)CCC3)ccc1O. The number of nitrogens with zero attached hydrogens (tertiary/aromatic N) is 2. The van der Waals surface area contributed by atoms with Gasteiger partial charge in [-0.25, -0.2) is 0 Å². The second kappa shape index (κ2) is 8.03. The number of non-ortho nitro benzene ring substituents is 1. The van der Waals surface area contributed by atoms with Gasteiger partial charge in [-0.05, 0) is 36.6 Å². The van der Waals surface area contributed by atoms with Gasteiger partial charge >= 0.3 is 0 Å². The number of amides is 1. The average molecular weight is 443 g/mol.